The Hall–Kier alpha value is -0.440. The molecule has 0 bridgehead atoms. The molecule has 2 N–H and O–H groups in total. The second-order valence-corrected chi connectivity index (χ2v) is 11.8. The maximum Gasteiger partial charge on any atom is 0.0698 e. The van der Waals surface area contributed by atoms with E-state index in [1.165, 1.54) is 0 Å². The lowest BCUT2D eigenvalue weighted by atomic mass is 10.2. The molecular formula is C29H64N6O5. The average molecular weight is 577 g/mol. The molecule has 0 saturated carbocycles. The second-order valence-electron chi connectivity index (χ2n) is 11.8. The first kappa shape index (κ1) is 37.6. The number of hydrogen-bond donors (Lipinski definition) is 2. The lowest BCUT2D eigenvalue weighted by Gasteiger charge is -2.32. The molecule has 0 aliphatic carbocycles. The molecular weight excluding hydrogens is 512 g/mol. The lowest BCUT2D eigenvalue weighted by Crippen LogP contribution is -2.45. The van der Waals surface area contributed by atoms with Gasteiger partial charge in [0.25, 0.3) is 0 Å². The summed E-state index contributed by atoms with van der Waals surface area (Å²) in [7, 11) is 8.55. The summed E-state index contributed by atoms with van der Waals surface area (Å²) in [4.78, 5) is 13.9. The summed E-state index contributed by atoms with van der Waals surface area (Å²) in [6.07, 6.45) is 1.27. The lowest BCUT2D eigenvalue weighted by molar-refractivity contribution is -0.0602. The van der Waals surface area contributed by atoms with E-state index >= 15 is 0 Å². The van der Waals surface area contributed by atoms with Crippen molar-refractivity contribution in [3.05, 3.63) is 0 Å². The van der Waals surface area contributed by atoms with Crippen LogP contribution in [0.1, 0.15) is 20.8 Å². The Morgan fingerprint density at radius 1 is 0.575 bits per heavy atom. The minimum absolute atomic E-state index is 0.128. The number of aliphatic hydroxyl groups is 2. The third-order valence-corrected chi connectivity index (χ3v) is 7.44. The van der Waals surface area contributed by atoms with Gasteiger partial charge >= 0.3 is 0 Å². The van der Waals surface area contributed by atoms with Gasteiger partial charge in [0.2, 0.25) is 0 Å². The number of ether oxygens (including phenoxy) is 3. The molecule has 0 aromatic carbocycles. The molecule has 0 spiro atoms. The quantitative estimate of drug-likeness (QED) is 0.386. The van der Waals surface area contributed by atoms with Gasteiger partial charge in [0.05, 0.1) is 51.3 Å². The number of morpholine rings is 2. The van der Waals surface area contributed by atoms with Gasteiger partial charge in [-0.15, -0.1) is 0 Å². The summed E-state index contributed by atoms with van der Waals surface area (Å²) in [5, 5.41) is 17.1. The van der Waals surface area contributed by atoms with Crippen molar-refractivity contribution >= 4 is 0 Å². The SMILES string of the molecule is CC1CN(C)CC(C)O1.CC1CN(C)CCO1.CN1CCN(CCO)CC1.CN1CCN(CCOCCO)CC1. The summed E-state index contributed by atoms with van der Waals surface area (Å²) < 4.78 is 16.0. The van der Waals surface area contributed by atoms with Gasteiger partial charge in [0.1, 0.15) is 0 Å². The Bertz CT molecular complexity index is 546. The molecule has 4 rings (SSSR count). The molecule has 0 aromatic rings. The minimum atomic E-state index is 0.128. The minimum Gasteiger partial charge on any atom is -0.395 e. The fraction of sp³-hybridized carbons (Fsp3) is 1.00. The number of hydrogen-bond acceptors (Lipinski definition) is 11. The zero-order chi connectivity index (χ0) is 29.8. The van der Waals surface area contributed by atoms with Gasteiger partial charge in [-0.1, -0.05) is 0 Å². The normalized spacial score (nSPS) is 28.0. The summed E-state index contributed by atoms with van der Waals surface area (Å²) in [6.45, 7) is 24.1. The van der Waals surface area contributed by atoms with E-state index in [2.05, 4.69) is 78.4 Å². The van der Waals surface area contributed by atoms with Crippen LogP contribution in [-0.2, 0) is 14.2 Å². The Morgan fingerprint density at radius 3 is 1.48 bits per heavy atom. The summed E-state index contributed by atoms with van der Waals surface area (Å²) >= 11 is 0. The van der Waals surface area contributed by atoms with Crippen LogP contribution in [0.3, 0.4) is 0 Å². The molecule has 4 heterocycles. The molecule has 3 atom stereocenters. The number of β-amino-alcohol motifs (C(OH)–C–C–N with tert-alkyl or cyclic N) is 1. The first-order chi connectivity index (χ1) is 19.1. The van der Waals surface area contributed by atoms with Crippen molar-refractivity contribution in [2.75, 3.05) is 153 Å². The highest BCUT2D eigenvalue weighted by molar-refractivity contribution is 4.70. The fourth-order valence-electron chi connectivity index (χ4n) is 5.07. The predicted octanol–water partition coefficient (Wildman–Crippen LogP) is -0.469. The van der Waals surface area contributed by atoms with Gasteiger partial charge in [-0.05, 0) is 49.0 Å². The summed E-state index contributed by atoms with van der Waals surface area (Å²) in [6, 6.07) is 0. The van der Waals surface area contributed by atoms with Crippen LogP contribution in [0.15, 0.2) is 0 Å². The number of piperazine rings is 2. The largest absolute Gasteiger partial charge is 0.395 e. The highest BCUT2D eigenvalue weighted by Crippen LogP contribution is 2.07. The highest BCUT2D eigenvalue weighted by Gasteiger charge is 2.18. The number of likely N-dealkylation sites (N-methyl/N-ethyl adjacent to an activating group) is 4. The highest BCUT2D eigenvalue weighted by atomic mass is 16.5. The van der Waals surface area contributed by atoms with E-state index in [1.54, 1.807) is 0 Å². The fourth-order valence-corrected chi connectivity index (χ4v) is 5.07. The maximum absolute atomic E-state index is 8.63. The monoisotopic (exact) mass is 576 g/mol. The molecule has 0 amide bonds. The van der Waals surface area contributed by atoms with Crippen molar-refractivity contribution < 1.29 is 24.4 Å². The predicted molar refractivity (Wildman–Crippen MR) is 163 cm³/mol. The Morgan fingerprint density at radius 2 is 1.07 bits per heavy atom. The molecule has 4 fully saturated rings. The third kappa shape index (κ3) is 19.6. The standard InChI is InChI=1S/C9H20N2O2.C7H16N2O.C7H15NO.C6H13NO/c1-10-2-4-11(5-3-10)6-8-13-9-7-12;1-8-2-4-9(5-3-8)6-7-10;1-6-4-8(3)5-7(2)9-6;1-6-5-7(2)3-4-8-6/h12H,2-9H2,1H3;10H,2-7H2,1H3;6-7H,4-5H2,1-3H3;6H,3-5H2,1-2H3. The van der Waals surface area contributed by atoms with Crippen molar-refractivity contribution in [1.29, 1.82) is 0 Å². The van der Waals surface area contributed by atoms with Crippen LogP contribution >= 0.6 is 0 Å². The van der Waals surface area contributed by atoms with Gasteiger partial charge < -0.3 is 44.0 Å². The van der Waals surface area contributed by atoms with E-state index in [0.717, 1.165) is 105 Å². The van der Waals surface area contributed by atoms with E-state index in [-0.39, 0.29) is 6.61 Å². The zero-order valence-electron chi connectivity index (χ0n) is 27.0. The first-order valence-electron chi connectivity index (χ1n) is 15.4. The molecule has 11 heteroatoms. The Labute approximate surface area is 245 Å². The van der Waals surface area contributed by atoms with Crippen LogP contribution in [0.2, 0.25) is 0 Å². The van der Waals surface area contributed by atoms with Crippen molar-refractivity contribution in [3.63, 3.8) is 0 Å². The van der Waals surface area contributed by atoms with E-state index in [1.807, 2.05) is 0 Å². The van der Waals surface area contributed by atoms with E-state index < -0.39 is 0 Å². The number of rotatable bonds is 7. The average Bonchev–Trinajstić information content (AvgIpc) is 2.89. The molecule has 4 aliphatic heterocycles. The van der Waals surface area contributed by atoms with Crippen molar-refractivity contribution in [3.8, 4) is 0 Å². The smallest absolute Gasteiger partial charge is 0.0698 e. The molecule has 11 nitrogen and oxygen atoms in total. The first-order valence-corrected chi connectivity index (χ1v) is 15.4. The van der Waals surface area contributed by atoms with Crippen LogP contribution in [0.5, 0.6) is 0 Å². The van der Waals surface area contributed by atoms with Gasteiger partial charge in [-0.3, -0.25) is 9.80 Å². The van der Waals surface area contributed by atoms with E-state index in [0.29, 0.717) is 31.5 Å². The Balaban J connectivity index is 0.000000271. The third-order valence-electron chi connectivity index (χ3n) is 7.44. The van der Waals surface area contributed by atoms with Gasteiger partial charge in [0, 0.05) is 91.6 Å². The summed E-state index contributed by atoms with van der Waals surface area (Å²) in [5.74, 6) is 0. The van der Waals surface area contributed by atoms with Crippen LogP contribution in [0, 0.1) is 0 Å². The molecule has 3 unspecified atom stereocenters. The molecule has 240 valence electrons. The van der Waals surface area contributed by atoms with Crippen molar-refractivity contribution in [2.24, 2.45) is 0 Å². The van der Waals surface area contributed by atoms with Crippen molar-refractivity contribution in [1.82, 2.24) is 29.4 Å². The second kappa shape index (κ2) is 23.1. The van der Waals surface area contributed by atoms with Gasteiger partial charge in [-0.2, -0.15) is 0 Å². The van der Waals surface area contributed by atoms with Crippen LogP contribution in [0.25, 0.3) is 0 Å². The van der Waals surface area contributed by atoms with Gasteiger partial charge in [0.15, 0.2) is 0 Å². The molecule has 4 aliphatic rings. The molecule has 0 aromatic heterocycles. The van der Waals surface area contributed by atoms with Crippen molar-refractivity contribution in [2.45, 2.75) is 39.1 Å². The maximum atomic E-state index is 8.63. The van der Waals surface area contributed by atoms with Crippen LogP contribution in [0.4, 0.5) is 0 Å². The number of aliphatic hydroxyl groups excluding tert-OH is 2. The van der Waals surface area contributed by atoms with Crippen LogP contribution in [-0.4, -0.2) is 211 Å². The van der Waals surface area contributed by atoms with E-state index in [4.69, 9.17) is 24.4 Å². The molecule has 40 heavy (non-hydrogen) atoms. The topological polar surface area (TPSA) is 87.6 Å². The molecule has 0 radical (unpaired) electrons. The van der Waals surface area contributed by atoms with Gasteiger partial charge in [-0.25, -0.2) is 0 Å². The summed E-state index contributed by atoms with van der Waals surface area (Å²) in [5.41, 5.74) is 0. The zero-order valence-corrected chi connectivity index (χ0v) is 27.0. The number of nitrogens with zero attached hydrogens (tertiary/aromatic N) is 6. The Kier molecular flexibility index (Phi) is 21.7. The molecule has 4 saturated heterocycles. The van der Waals surface area contributed by atoms with E-state index in [9.17, 15) is 0 Å². The van der Waals surface area contributed by atoms with Crippen LogP contribution < -0.4 is 0 Å².